The first-order valence-corrected chi connectivity index (χ1v) is 9.24. The van der Waals surface area contributed by atoms with Crippen LogP contribution in [0.25, 0.3) is 0 Å². The number of nitrogen functional groups attached to an aromatic ring is 1. The van der Waals surface area contributed by atoms with E-state index in [1.165, 1.54) is 5.56 Å². The second kappa shape index (κ2) is 10.4. The fourth-order valence-electron chi connectivity index (χ4n) is 2.79. The second-order valence-corrected chi connectivity index (χ2v) is 6.58. The van der Waals surface area contributed by atoms with Crippen LogP contribution in [0, 0.1) is 0 Å². The van der Waals surface area contributed by atoms with Crippen molar-refractivity contribution in [2.45, 2.75) is 19.9 Å². The van der Waals surface area contributed by atoms with E-state index in [2.05, 4.69) is 29.3 Å². The zero-order valence-corrected chi connectivity index (χ0v) is 16.4. The molecule has 0 radical (unpaired) electrons. The average molecular weight is 370 g/mol. The third kappa shape index (κ3) is 6.18. The molecule has 6 heteroatoms. The summed E-state index contributed by atoms with van der Waals surface area (Å²) in [6.45, 7) is 5.13. The minimum Gasteiger partial charge on any atom is -0.497 e. The van der Waals surface area contributed by atoms with Gasteiger partial charge in [0, 0.05) is 31.9 Å². The number of amides is 1. The average Bonchev–Trinajstić information content (AvgIpc) is 2.68. The Bertz CT molecular complexity index is 719. The number of anilines is 3. The number of nitrogens with zero attached hydrogens (tertiary/aromatic N) is 2. The number of likely N-dealkylation sites (N-methyl/N-ethyl adjacent to an activating group) is 1. The Morgan fingerprint density at radius 2 is 1.89 bits per heavy atom. The van der Waals surface area contributed by atoms with Crippen molar-refractivity contribution in [3.8, 4) is 5.75 Å². The van der Waals surface area contributed by atoms with Crippen molar-refractivity contribution in [2.75, 3.05) is 49.7 Å². The van der Waals surface area contributed by atoms with E-state index in [1.807, 2.05) is 37.4 Å². The van der Waals surface area contributed by atoms with E-state index < -0.39 is 0 Å². The molecule has 0 unspecified atom stereocenters. The molecule has 27 heavy (non-hydrogen) atoms. The van der Waals surface area contributed by atoms with E-state index >= 15 is 0 Å². The lowest BCUT2D eigenvalue weighted by atomic mass is 10.2. The van der Waals surface area contributed by atoms with Crippen molar-refractivity contribution < 1.29 is 9.53 Å². The molecular formula is C21H30N4O2. The van der Waals surface area contributed by atoms with Crippen molar-refractivity contribution in [1.29, 1.82) is 0 Å². The fourth-order valence-corrected chi connectivity index (χ4v) is 2.79. The Kier molecular flexibility index (Phi) is 7.95. The minimum atomic E-state index is 0.595. The van der Waals surface area contributed by atoms with Crippen LogP contribution in [0.15, 0.2) is 42.5 Å². The number of nitrogens with one attached hydrogen (secondary N) is 1. The maximum atomic E-state index is 11.6. The smallest absolute Gasteiger partial charge is 0.214 e. The van der Waals surface area contributed by atoms with Gasteiger partial charge >= 0.3 is 0 Å². The molecule has 0 aliphatic carbocycles. The van der Waals surface area contributed by atoms with E-state index in [1.54, 1.807) is 12.0 Å². The predicted octanol–water partition coefficient (Wildman–Crippen LogP) is 3.19. The molecule has 2 rings (SSSR count). The normalized spacial score (nSPS) is 10.7. The minimum absolute atomic E-state index is 0.595. The summed E-state index contributed by atoms with van der Waals surface area (Å²) < 4.78 is 5.18. The number of hydrogen-bond donors (Lipinski definition) is 2. The van der Waals surface area contributed by atoms with Crippen molar-refractivity contribution >= 4 is 23.5 Å². The summed E-state index contributed by atoms with van der Waals surface area (Å²) >= 11 is 0. The Hall–Kier alpha value is -2.73. The van der Waals surface area contributed by atoms with Gasteiger partial charge in [-0.1, -0.05) is 19.1 Å². The van der Waals surface area contributed by atoms with Crippen molar-refractivity contribution in [1.82, 2.24) is 4.90 Å². The second-order valence-electron chi connectivity index (χ2n) is 6.58. The molecule has 3 N–H and O–H groups in total. The van der Waals surface area contributed by atoms with Gasteiger partial charge in [-0.2, -0.15) is 0 Å². The van der Waals surface area contributed by atoms with Gasteiger partial charge in [0.15, 0.2) is 0 Å². The summed E-state index contributed by atoms with van der Waals surface area (Å²) in [7, 11) is 3.70. The highest BCUT2D eigenvalue weighted by Crippen LogP contribution is 2.25. The number of carbonyl (C=O) groups excluding carboxylic acids is 1. The molecule has 0 aromatic heterocycles. The number of hydrogen-bond acceptors (Lipinski definition) is 5. The van der Waals surface area contributed by atoms with E-state index in [4.69, 9.17) is 10.5 Å². The van der Waals surface area contributed by atoms with Crippen LogP contribution >= 0.6 is 0 Å². The molecule has 0 fully saturated rings. The number of nitrogens with two attached hydrogens (primary N) is 1. The van der Waals surface area contributed by atoms with Gasteiger partial charge in [-0.3, -0.25) is 4.79 Å². The summed E-state index contributed by atoms with van der Waals surface area (Å²) in [5.74, 6) is 0.850. The van der Waals surface area contributed by atoms with Crippen LogP contribution in [-0.4, -0.2) is 45.1 Å². The zero-order chi connectivity index (χ0) is 19.6. The van der Waals surface area contributed by atoms with Crippen LogP contribution in [0.5, 0.6) is 5.75 Å². The van der Waals surface area contributed by atoms with Gasteiger partial charge in [-0.15, -0.1) is 0 Å². The van der Waals surface area contributed by atoms with E-state index in [-0.39, 0.29) is 0 Å². The molecule has 0 aliphatic rings. The summed E-state index contributed by atoms with van der Waals surface area (Å²) in [4.78, 5) is 15.4. The maximum absolute atomic E-state index is 11.6. The van der Waals surface area contributed by atoms with Crippen molar-refractivity contribution in [3.63, 3.8) is 0 Å². The van der Waals surface area contributed by atoms with Crippen LogP contribution in [0.4, 0.5) is 17.1 Å². The van der Waals surface area contributed by atoms with Crippen LogP contribution in [0.1, 0.15) is 18.9 Å². The molecule has 6 nitrogen and oxygen atoms in total. The molecular weight excluding hydrogens is 340 g/mol. The van der Waals surface area contributed by atoms with Gasteiger partial charge in [0.05, 0.1) is 18.5 Å². The monoisotopic (exact) mass is 370 g/mol. The van der Waals surface area contributed by atoms with Gasteiger partial charge in [0.25, 0.3) is 0 Å². The van der Waals surface area contributed by atoms with Crippen molar-refractivity contribution in [3.05, 3.63) is 48.0 Å². The Labute approximate surface area is 161 Å². The Morgan fingerprint density at radius 1 is 1.15 bits per heavy atom. The molecule has 0 saturated heterocycles. The standard InChI is InChI=1S/C21H30N4O2/c1-4-11-23-21-10-7-18(14-20(21)22)25(16-26)13-12-24(2)15-17-5-8-19(27-3)9-6-17/h5-10,14,16,23H,4,11-13,15,22H2,1-3H3. The highest BCUT2D eigenvalue weighted by Gasteiger charge is 2.09. The summed E-state index contributed by atoms with van der Waals surface area (Å²) in [6, 6.07) is 13.7. The quantitative estimate of drug-likeness (QED) is 0.469. The number of benzene rings is 2. The summed E-state index contributed by atoms with van der Waals surface area (Å²) in [6.07, 6.45) is 1.89. The molecule has 0 bridgehead atoms. The van der Waals surface area contributed by atoms with Gasteiger partial charge in [-0.05, 0) is 49.4 Å². The van der Waals surface area contributed by atoms with Crippen LogP contribution in [0.2, 0.25) is 0 Å². The number of rotatable bonds is 11. The molecule has 2 aromatic rings. The van der Waals surface area contributed by atoms with Gasteiger partial charge in [0.1, 0.15) is 5.75 Å². The first-order valence-electron chi connectivity index (χ1n) is 9.24. The third-order valence-corrected chi connectivity index (χ3v) is 4.39. The van der Waals surface area contributed by atoms with E-state index in [9.17, 15) is 4.79 Å². The molecule has 0 atom stereocenters. The zero-order valence-electron chi connectivity index (χ0n) is 16.4. The van der Waals surface area contributed by atoms with Crippen LogP contribution in [-0.2, 0) is 11.3 Å². The maximum Gasteiger partial charge on any atom is 0.214 e. The number of carbonyl (C=O) groups is 1. The van der Waals surface area contributed by atoms with Gasteiger partial charge < -0.3 is 25.6 Å². The molecule has 2 aromatic carbocycles. The lowest BCUT2D eigenvalue weighted by Gasteiger charge is -2.23. The SMILES string of the molecule is CCCNc1ccc(N(C=O)CCN(C)Cc2ccc(OC)cc2)cc1N. The van der Waals surface area contributed by atoms with Gasteiger partial charge in [0.2, 0.25) is 6.41 Å². The van der Waals surface area contributed by atoms with E-state index in [0.29, 0.717) is 12.2 Å². The Morgan fingerprint density at radius 3 is 2.48 bits per heavy atom. The van der Waals surface area contributed by atoms with Crippen LogP contribution in [0.3, 0.4) is 0 Å². The molecule has 0 saturated carbocycles. The third-order valence-electron chi connectivity index (χ3n) is 4.39. The fraction of sp³-hybridized carbons (Fsp3) is 0.381. The first kappa shape index (κ1) is 20.6. The van der Waals surface area contributed by atoms with Gasteiger partial charge in [-0.25, -0.2) is 0 Å². The van der Waals surface area contributed by atoms with Crippen molar-refractivity contribution in [2.24, 2.45) is 0 Å². The molecule has 0 aliphatic heterocycles. The summed E-state index contributed by atoms with van der Waals surface area (Å²) in [5, 5.41) is 3.28. The summed E-state index contributed by atoms with van der Waals surface area (Å²) in [5.41, 5.74) is 9.68. The lowest BCUT2D eigenvalue weighted by Crippen LogP contribution is -2.32. The molecule has 0 heterocycles. The number of methoxy groups -OCH3 is 1. The number of ether oxygens (including phenoxy) is 1. The van der Waals surface area contributed by atoms with E-state index in [0.717, 1.165) is 49.6 Å². The molecule has 1 amide bonds. The van der Waals surface area contributed by atoms with Crippen LogP contribution < -0.4 is 20.7 Å². The molecule has 146 valence electrons. The Balaban J connectivity index is 1.91. The predicted molar refractivity (Wildman–Crippen MR) is 112 cm³/mol. The highest BCUT2D eigenvalue weighted by molar-refractivity contribution is 5.80. The molecule has 0 spiro atoms. The topological polar surface area (TPSA) is 70.8 Å². The lowest BCUT2D eigenvalue weighted by molar-refractivity contribution is -0.107. The largest absolute Gasteiger partial charge is 0.497 e. The first-order chi connectivity index (χ1) is 13.1. The highest BCUT2D eigenvalue weighted by atomic mass is 16.5.